The average molecular weight is 469 g/mol. The Hall–Kier alpha value is -4.28. The Bertz CT molecular complexity index is 1120. The number of fused-ring (bicyclic) bond motifs is 1. The third-order valence-corrected chi connectivity index (χ3v) is 5.23. The molecule has 1 fully saturated rings. The molecule has 1 saturated heterocycles. The van der Waals surface area contributed by atoms with Crippen LogP contribution in [0.5, 0.6) is 23.0 Å². The first-order valence-corrected chi connectivity index (χ1v) is 10.5. The number of hydrazine groups is 1. The molecule has 0 bridgehead atoms. The van der Waals surface area contributed by atoms with Gasteiger partial charge in [0.05, 0.1) is 19.2 Å². The van der Waals surface area contributed by atoms with E-state index in [1.54, 1.807) is 36.4 Å². The highest BCUT2D eigenvalue weighted by Gasteiger charge is 2.45. The second-order valence-electron chi connectivity index (χ2n) is 7.50. The number of amides is 4. The number of hydrogen-bond donors (Lipinski definition) is 1. The summed E-state index contributed by atoms with van der Waals surface area (Å²) in [7, 11) is 1.53. The van der Waals surface area contributed by atoms with Gasteiger partial charge in [0.15, 0.2) is 18.1 Å². The number of carbonyl (C=O) groups excluding carboxylic acids is 4. The summed E-state index contributed by atoms with van der Waals surface area (Å²) in [5.74, 6) is -0.443. The number of nitrogens with one attached hydrogen (secondary N) is 1. The van der Waals surface area contributed by atoms with Gasteiger partial charge >= 0.3 is 0 Å². The van der Waals surface area contributed by atoms with Gasteiger partial charge in [-0.25, -0.2) is 9.91 Å². The molecule has 4 rings (SSSR count). The lowest BCUT2D eigenvalue weighted by Gasteiger charge is -2.27. The summed E-state index contributed by atoms with van der Waals surface area (Å²) in [5.41, 5.74) is 2.67. The van der Waals surface area contributed by atoms with Crippen LogP contribution >= 0.6 is 0 Å². The Morgan fingerprint density at radius 1 is 1.06 bits per heavy atom. The normalized spacial score (nSPS) is 16.8. The Balaban J connectivity index is 1.43. The molecule has 0 aromatic heterocycles. The first-order chi connectivity index (χ1) is 16.4. The van der Waals surface area contributed by atoms with Gasteiger partial charge in [-0.1, -0.05) is 0 Å². The standard InChI is InChI=1S/C23H23N3O8/c1-14(27)26(24-21(28)13-34-17-6-4-16(31-2)5-7-17)18-12-22(29)25(23(18)30)15-3-8-19-20(11-15)33-10-9-32-19/h3-8,11,18H,9-10,12-13H2,1-2H3,(H,24,28). The SMILES string of the molecule is COc1ccc(OCC(=O)NN(C(C)=O)C2CC(=O)N(c3ccc4c(c3)OCCO4)C2=O)cc1. The minimum Gasteiger partial charge on any atom is -0.497 e. The number of hydrogen-bond acceptors (Lipinski definition) is 8. The van der Waals surface area contributed by atoms with Gasteiger partial charge in [-0.05, 0) is 36.4 Å². The van der Waals surface area contributed by atoms with E-state index >= 15 is 0 Å². The molecule has 11 nitrogen and oxygen atoms in total. The van der Waals surface area contributed by atoms with Gasteiger partial charge in [-0.15, -0.1) is 0 Å². The molecule has 2 aliphatic rings. The molecule has 1 N–H and O–H groups in total. The third kappa shape index (κ3) is 4.72. The molecule has 2 aliphatic heterocycles. The monoisotopic (exact) mass is 469 g/mol. The zero-order chi connectivity index (χ0) is 24.2. The van der Waals surface area contributed by atoms with Crippen LogP contribution in [0.25, 0.3) is 0 Å². The molecule has 1 atom stereocenters. The van der Waals surface area contributed by atoms with E-state index in [9.17, 15) is 19.2 Å². The van der Waals surface area contributed by atoms with Crippen LogP contribution in [0, 0.1) is 0 Å². The maximum atomic E-state index is 13.1. The zero-order valence-electron chi connectivity index (χ0n) is 18.6. The fourth-order valence-corrected chi connectivity index (χ4v) is 3.62. The Morgan fingerprint density at radius 2 is 1.74 bits per heavy atom. The topological polar surface area (TPSA) is 124 Å². The molecular formula is C23H23N3O8. The Morgan fingerprint density at radius 3 is 2.41 bits per heavy atom. The van der Waals surface area contributed by atoms with Gasteiger partial charge in [-0.3, -0.25) is 24.6 Å². The molecule has 0 aliphatic carbocycles. The van der Waals surface area contributed by atoms with E-state index in [-0.39, 0.29) is 6.42 Å². The van der Waals surface area contributed by atoms with E-state index in [0.29, 0.717) is 41.9 Å². The number of anilines is 1. The Kier molecular flexibility index (Phi) is 6.53. The van der Waals surface area contributed by atoms with Gasteiger partial charge in [-0.2, -0.15) is 0 Å². The van der Waals surface area contributed by atoms with Gasteiger partial charge in [0.1, 0.15) is 30.8 Å². The molecule has 1 unspecified atom stereocenters. The van der Waals surface area contributed by atoms with Gasteiger partial charge in [0, 0.05) is 13.0 Å². The minimum atomic E-state index is -1.19. The van der Waals surface area contributed by atoms with Crippen molar-refractivity contribution in [3.63, 3.8) is 0 Å². The fourth-order valence-electron chi connectivity index (χ4n) is 3.62. The van der Waals surface area contributed by atoms with Crippen LogP contribution in [0.1, 0.15) is 13.3 Å². The first-order valence-electron chi connectivity index (χ1n) is 10.5. The van der Waals surface area contributed by atoms with Crippen molar-refractivity contribution in [2.45, 2.75) is 19.4 Å². The van der Waals surface area contributed by atoms with E-state index in [0.717, 1.165) is 9.91 Å². The lowest BCUT2D eigenvalue weighted by atomic mass is 10.2. The van der Waals surface area contributed by atoms with Crippen molar-refractivity contribution >= 4 is 29.3 Å². The maximum absolute atomic E-state index is 13.1. The van der Waals surface area contributed by atoms with E-state index in [1.165, 1.54) is 20.1 Å². The summed E-state index contributed by atoms with van der Waals surface area (Å²) in [4.78, 5) is 51.4. The fraction of sp³-hybridized carbons (Fsp3) is 0.304. The highest BCUT2D eigenvalue weighted by molar-refractivity contribution is 6.23. The average Bonchev–Trinajstić information content (AvgIpc) is 3.14. The summed E-state index contributed by atoms with van der Waals surface area (Å²) in [6, 6.07) is 10.1. The van der Waals surface area contributed by atoms with E-state index in [2.05, 4.69) is 5.43 Å². The number of ether oxygens (including phenoxy) is 4. The molecule has 4 amide bonds. The largest absolute Gasteiger partial charge is 0.497 e. The van der Waals surface area contributed by atoms with Crippen LogP contribution in [0.15, 0.2) is 42.5 Å². The van der Waals surface area contributed by atoms with Crippen molar-refractivity contribution < 1.29 is 38.1 Å². The number of rotatable bonds is 6. The molecule has 0 saturated carbocycles. The van der Waals surface area contributed by atoms with E-state index < -0.39 is 36.3 Å². The lowest BCUT2D eigenvalue weighted by Crippen LogP contribution is -2.54. The van der Waals surface area contributed by atoms with Crippen LogP contribution < -0.4 is 29.3 Å². The van der Waals surface area contributed by atoms with Crippen molar-refractivity contribution in [2.75, 3.05) is 31.8 Å². The van der Waals surface area contributed by atoms with Gasteiger partial charge in [0.2, 0.25) is 11.8 Å². The van der Waals surface area contributed by atoms with Crippen molar-refractivity contribution in [1.82, 2.24) is 10.4 Å². The molecular weight excluding hydrogens is 446 g/mol. The minimum absolute atomic E-state index is 0.285. The van der Waals surface area contributed by atoms with Crippen molar-refractivity contribution in [2.24, 2.45) is 0 Å². The van der Waals surface area contributed by atoms with E-state index in [4.69, 9.17) is 18.9 Å². The summed E-state index contributed by atoms with van der Waals surface area (Å²) in [5, 5.41) is 0.859. The molecule has 2 aromatic rings. The quantitative estimate of drug-likeness (QED) is 0.492. The number of imide groups is 1. The highest BCUT2D eigenvalue weighted by Crippen LogP contribution is 2.36. The van der Waals surface area contributed by atoms with Crippen molar-refractivity contribution in [1.29, 1.82) is 0 Å². The summed E-state index contributed by atoms with van der Waals surface area (Å²) >= 11 is 0. The number of carbonyl (C=O) groups is 4. The van der Waals surface area contributed by atoms with Gasteiger partial charge in [0.25, 0.3) is 11.8 Å². The van der Waals surface area contributed by atoms with Crippen LogP contribution in [-0.4, -0.2) is 61.6 Å². The second-order valence-corrected chi connectivity index (χ2v) is 7.50. The molecule has 0 radical (unpaired) electrons. The number of benzene rings is 2. The molecule has 2 aromatic carbocycles. The van der Waals surface area contributed by atoms with E-state index in [1.807, 2.05) is 0 Å². The summed E-state index contributed by atoms with van der Waals surface area (Å²) in [6.07, 6.45) is -0.285. The predicted octanol–water partition coefficient (Wildman–Crippen LogP) is 1.06. The number of methoxy groups -OCH3 is 1. The van der Waals surface area contributed by atoms with Gasteiger partial charge < -0.3 is 18.9 Å². The third-order valence-electron chi connectivity index (χ3n) is 5.23. The highest BCUT2D eigenvalue weighted by atomic mass is 16.6. The smallest absolute Gasteiger partial charge is 0.276 e. The molecule has 11 heteroatoms. The van der Waals surface area contributed by atoms with Crippen LogP contribution in [0.2, 0.25) is 0 Å². The van der Waals surface area contributed by atoms with Crippen LogP contribution in [0.3, 0.4) is 0 Å². The molecule has 0 spiro atoms. The molecule has 178 valence electrons. The predicted molar refractivity (Wildman–Crippen MR) is 117 cm³/mol. The summed E-state index contributed by atoms with van der Waals surface area (Å²) < 4.78 is 21.5. The van der Waals surface area contributed by atoms with Crippen LogP contribution in [0.4, 0.5) is 5.69 Å². The second kappa shape index (κ2) is 9.69. The lowest BCUT2D eigenvalue weighted by molar-refractivity contribution is -0.146. The van der Waals surface area contributed by atoms with Crippen molar-refractivity contribution in [3.05, 3.63) is 42.5 Å². The van der Waals surface area contributed by atoms with Crippen LogP contribution in [-0.2, 0) is 19.2 Å². The number of nitrogens with zero attached hydrogens (tertiary/aromatic N) is 2. The first kappa shape index (κ1) is 22.9. The maximum Gasteiger partial charge on any atom is 0.276 e. The Labute approximate surface area is 195 Å². The zero-order valence-corrected chi connectivity index (χ0v) is 18.6. The summed E-state index contributed by atoms with van der Waals surface area (Å²) in [6.45, 7) is 1.54. The molecule has 34 heavy (non-hydrogen) atoms. The van der Waals surface area contributed by atoms with Crippen molar-refractivity contribution in [3.8, 4) is 23.0 Å². The molecule has 2 heterocycles.